The summed E-state index contributed by atoms with van der Waals surface area (Å²) in [5.41, 5.74) is 0.762. The Bertz CT molecular complexity index is 1300. The Hall–Kier alpha value is -2.67. The molecular formula is C21H11BrCl2N2O3. The number of hydrogen-bond acceptors (Lipinski definition) is 4. The zero-order valence-electron chi connectivity index (χ0n) is 14.6. The maximum Gasteiger partial charge on any atom is 0.363 e. The first kappa shape index (κ1) is 19.6. The van der Waals surface area contributed by atoms with Gasteiger partial charge in [-0.25, -0.2) is 9.78 Å². The predicted molar refractivity (Wildman–Crippen MR) is 117 cm³/mol. The summed E-state index contributed by atoms with van der Waals surface area (Å²) in [6.07, 6.45) is 0. The molecule has 4 rings (SSSR count). The van der Waals surface area contributed by atoms with Crippen molar-refractivity contribution in [3.63, 3.8) is 0 Å². The first-order valence-electron chi connectivity index (χ1n) is 8.39. The van der Waals surface area contributed by atoms with E-state index in [2.05, 4.69) is 20.9 Å². The van der Waals surface area contributed by atoms with E-state index >= 15 is 0 Å². The molecule has 3 aromatic carbocycles. The molecule has 1 aromatic heterocycles. The van der Waals surface area contributed by atoms with Crippen LogP contribution in [-0.4, -0.2) is 15.7 Å². The van der Waals surface area contributed by atoms with E-state index in [1.807, 2.05) is 12.1 Å². The van der Waals surface area contributed by atoms with Gasteiger partial charge in [0.15, 0.2) is 5.82 Å². The third-order valence-electron chi connectivity index (χ3n) is 4.17. The number of benzene rings is 3. The van der Waals surface area contributed by atoms with Crippen molar-refractivity contribution in [3.05, 3.63) is 97.2 Å². The van der Waals surface area contributed by atoms with E-state index in [4.69, 9.17) is 28.0 Å². The molecule has 144 valence electrons. The molecule has 0 saturated carbocycles. The Morgan fingerprint density at radius 1 is 0.966 bits per heavy atom. The number of carbonyl (C=O) groups is 1. The largest absolute Gasteiger partial charge is 0.363 e. The van der Waals surface area contributed by atoms with Crippen molar-refractivity contribution in [1.29, 1.82) is 0 Å². The second-order valence-corrected chi connectivity index (χ2v) is 7.80. The normalized spacial score (nSPS) is 10.9. The molecule has 0 atom stereocenters. The van der Waals surface area contributed by atoms with Gasteiger partial charge in [-0.05, 0) is 42.5 Å². The van der Waals surface area contributed by atoms with Gasteiger partial charge in [-0.1, -0.05) is 63.4 Å². The van der Waals surface area contributed by atoms with Crippen LogP contribution >= 0.6 is 39.1 Å². The van der Waals surface area contributed by atoms with E-state index in [0.29, 0.717) is 21.5 Å². The Morgan fingerprint density at radius 2 is 1.69 bits per heavy atom. The quantitative estimate of drug-likeness (QED) is 0.386. The third-order valence-corrected chi connectivity index (χ3v) is 5.44. The molecule has 29 heavy (non-hydrogen) atoms. The van der Waals surface area contributed by atoms with E-state index < -0.39 is 11.5 Å². The van der Waals surface area contributed by atoms with Crippen molar-refractivity contribution in [2.24, 2.45) is 0 Å². The van der Waals surface area contributed by atoms with Crippen LogP contribution in [0, 0.1) is 0 Å². The molecule has 0 unspecified atom stereocenters. The maximum absolute atomic E-state index is 13.1. The van der Waals surface area contributed by atoms with Gasteiger partial charge in [0.25, 0.3) is 5.56 Å². The van der Waals surface area contributed by atoms with Gasteiger partial charge in [-0.3, -0.25) is 4.79 Å². The van der Waals surface area contributed by atoms with Gasteiger partial charge in [0.2, 0.25) is 0 Å². The van der Waals surface area contributed by atoms with Crippen molar-refractivity contribution in [2.75, 3.05) is 0 Å². The first-order chi connectivity index (χ1) is 13.9. The first-order valence-corrected chi connectivity index (χ1v) is 9.94. The number of carbonyl (C=O) groups excluding carboxylic acids is 1. The summed E-state index contributed by atoms with van der Waals surface area (Å²) in [6.45, 7) is 0. The molecular weight excluding hydrogens is 479 g/mol. The standard InChI is InChI=1S/C21H11BrCl2N2O3/c22-14-8-5-12(6-9-14)19-25-18-4-2-1-3-15(18)20(27)26(19)29-21(28)13-7-10-16(23)17(24)11-13/h1-11H. The molecule has 0 saturated heterocycles. The minimum absolute atomic E-state index is 0.154. The lowest BCUT2D eigenvalue weighted by atomic mass is 10.2. The number of halogens is 3. The molecule has 0 aliphatic carbocycles. The third kappa shape index (κ3) is 3.92. The number of hydrogen-bond donors (Lipinski definition) is 0. The molecule has 8 heteroatoms. The second kappa shape index (κ2) is 7.99. The number of rotatable bonds is 3. The molecule has 5 nitrogen and oxygen atoms in total. The van der Waals surface area contributed by atoms with Gasteiger partial charge in [-0.2, -0.15) is 0 Å². The Kier molecular flexibility index (Phi) is 5.41. The van der Waals surface area contributed by atoms with Gasteiger partial charge >= 0.3 is 5.97 Å². The minimum atomic E-state index is -0.763. The molecule has 0 amide bonds. The summed E-state index contributed by atoms with van der Waals surface area (Å²) in [6, 6.07) is 18.3. The highest BCUT2D eigenvalue weighted by atomic mass is 79.9. The highest BCUT2D eigenvalue weighted by molar-refractivity contribution is 9.10. The Labute approximate surface area is 183 Å². The zero-order chi connectivity index (χ0) is 20.5. The minimum Gasteiger partial charge on any atom is -0.326 e. The lowest BCUT2D eigenvalue weighted by Crippen LogP contribution is -2.33. The molecule has 1 heterocycles. The number of nitrogens with zero attached hydrogens (tertiary/aromatic N) is 2. The van der Waals surface area contributed by atoms with Gasteiger partial charge in [-0.15, -0.1) is 4.73 Å². The number of aromatic nitrogens is 2. The maximum atomic E-state index is 13.1. The van der Waals surface area contributed by atoms with Crippen LogP contribution in [0.25, 0.3) is 22.3 Å². The van der Waals surface area contributed by atoms with Crippen LogP contribution in [-0.2, 0) is 0 Å². The predicted octanol–water partition coefficient (Wildman–Crippen LogP) is 5.40. The molecule has 0 aliphatic rings. The molecule has 0 aliphatic heterocycles. The van der Waals surface area contributed by atoms with Crippen LogP contribution < -0.4 is 10.4 Å². The van der Waals surface area contributed by atoms with Gasteiger partial charge in [0, 0.05) is 10.0 Å². The van der Waals surface area contributed by atoms with Crippen molar-refractivity contribution in [3.8, 4) is 11.4 Å². The fourth-order valence-corrected chi connectivity index (χ4v) is 3.30. The number of para-hydroxylation sites is 1. The Balaban J connectivity index is 1.87. The van der Waals surface area contributed by atoms with Crippen LogP contribution in [0.3, 0.4) is 0 Å². The van der Waals surface area contributed by atoms with E-state index in [1.165, 1.54) is 18.2 Å². The van der Waals surface area contributed by atoms with Crippen LogP contribution in [0.2, 0.25) is 10.0 Å². The fourth-order valence-electron chi connectivity index (χ4n) is 2.74. The summed E-state index contributed by atoms with van der Waals surface area (Å²) in [5.74, 6) is -0.560. The van der Waals surface area contributed by atoms with Gasteiger partial charge in [0.1, 0.15) is 0 Å². The monoisotopic (exact) mass is 488 g/mol. The van der Waals surface area contributed by atoms with Gasteiger partial charge in [0.05, 0.1) is 26.5 Å². The number of fused-ring (bicyclic) bond motifs is 1. The zero-order valence-corrected chi connectivity index (χ0v) is 17.7. The van der Waals surface area contributed by atoms with Crippen LogP contribution in [0.4, 0.5) is 0 Å². The Morgan fingerprint density at radius 3 is 2.41 bits per heavy atom. The summed E-state index contributed by atoms with van der Waals surface area (Å²) in [4.78, 5) is 35.7. The van der Waals surface area contributed by atoms with E-state index in [9.17, 15) is 9.59 Å². The SMILES string of the molecule is O=C(On1c(-c2ccc(Br)cc2)nc2ccccc2c1=O)c1ccc(Cl)c(Cl)c1. The van der Waals surface area contributed by atoms with Crippen molar-refractivity contribution in [2.45, 2.75) is 0 Å². The van der Waals surface area contributed by atoms with Gasteiger partial charge < -0.3 is 4.84 Å². The van der Waals surface area contributed by atoms with Crippen molar-refractivity contribution >= 4 is 56.0 Å². The van der Waals surface area contributed by atoms with E-state index in [-0.39, 0.29) is 16.4 Å². The van der Waals surface area contributed by atoms with Crippen LogP contribution in [0.15, 0.2) is 76.0 Å². The van der Waals surface area contributed by atoms with Crippen LogP contribution in [0.1, 0.15) is 10.4 Å². The lowest BCUT2D eigenvalue weighted by molar-refractivity contribution is 0.0449. The summed E-state index contributed by atoms with van der Waals surface area (Å²) >= 11 is 15.3. The van der Waals surface area contributed by atoms with Crippen molar-refractivity contribution in [1.82, 2.24) is 9.71 Å². The summed E-state index contributed by atoms with van der Waals surface area (Å²) in [7, 11) is 0. The molecule has 0 bridgehead atoms. The lowest BCUT2D eigenvalue weighted by Gasteiger charge is -2.13. The van der Waals surface area contributed by atoms with E-state index in [0.717, 1.165) is 9.20 Å². The average molecular weight is 490 g/mol. The molecule has 0 N–H and O–H groups in total. The molecule has 4 aromatic rings. The summed E-state index contributed by atoms with van der Waals surface area (Å²) < 4.78 is 1.76. The van der Waals surface area contributed by atoms with Crippen LogP contribution in [0.5, 0.6) is 0 Å². The molecule has 0 fully saturated rings. The molecule has 0 spiro atoms. The van der Waals surface area contributed by atoms with Crippen molar-refractivity contribution < 1.29 is 9.63 Å². The highest BCUT2D eigenvalue weighted by Crippen LogP contribution is 2.24. The molecule has 0 radical (unpaired) electrons. The fraction of sp³-hybridized carbons (Fsp3) is 0. The summed E-state index contributed by atoms with van der Waals surface area (Å²) in [5, 5.41) is 0.844. The average Bonchev–Trinajstić information content (AvgIpc) is 2.72. The highest BCUT2D eigenvalue weighted by Gasteiger charge is 2.18. The second-order valence-electron chi connectivity index (χ2n) is 6.07. The van der Waals surface area contributed by atoms with E-state index in [1.54, 1.807) is 36.4 Å². The smallest absolute Gasteiger partial charge is 0.326 e. The topological polar surface area (TPSA) is 61.2 Å².